The molecule has 2 rings (SSSR count). The SMILES string of the molecule is O=[N+]([O-])c1ccc(CNC2CCS(=O)(=O)C2)c(Br)c1. The van der Waals surface area contributed by atoms with E-state index in [-0.39, 0.29) is 23.2 Å². The van der Waals surface area contributed by atoms with E-state index < -0.39 is 14.8 Å². The number of nitro benzene ring substituents is 1. The van der Waals surface area contributed by atoms with Crippen LogP contribution in [0.15, 0.2) is 22.7 Å². The van der Waals surface area contributed by atoms with Crippen LogP contribution in [-0.4, -0.2) is 30.9 Å². The van der Waals surface area contributed by atoms with E-state index in [1.807, 2.05) is 0 Å². The first-order valence-electron chi connectivity index (χ1n) is 5.74. The second kappa shape index (κ2) is 5.56. The highest BCUT2D eigenvalue weighted by Gasteiger charge is 2.27. The van der Waals surface area contributed by atoms with Gasteiger partial charge in [0.2, 0.25) is 0 Å². The number of benzene rings is 1. The minimum atomic E-state index is -2.89. The van der Waals surface area contributed by atoms with E-state index in [1.165, 1.54) is 12.1 Å². The molecule has 0 radical (unpaired) electrons. The summed E-state index contributed by atoms with van der Waals surface area (Å²) in [7, 11) is -2.89. The zero-order chi connectivity index (χ0) is 14.0. The van der Waals surface area contributed by atoms with Crippen LogP contribution < -0.4 is 5.32 Å². The Hall–Kier alpha value is -0.990. The highest BCUT2D eigenvalue weighted by Crippen LogP contribution is 2.23. The minimum Gasteiger partial charge on any atom is -0.309 e. The number of halogens is 1. The maximum Gasteiger partial charge on any atom is 0.270 e. The summed E-state index contributed by atoms with van der Waals surface area (Å²) in [6.45, 7) is 0.485. The van der Waals surface area contributed by atoms with E-state index in [1.54, 1.807) is 6.07 Å². The number of hydrogen-bond donors (Lipinski definition) is 1. The summed E-state index contributed by atoms with van der Waals surface area (Å²) in [4.78, 5) is 10.2. The Bertz CT molecular complexity index is 603. The first kappa shape index (κ1) is 14.4. The lowest BCUT2D eigenvalue weighted by Gasteiger charge is -2.11. The molecule has 8 heteroatoms. The molecule has 0 aliphatic carbocycles. The summed E-state index contributed by atoms with van der Waals surface area (Å²) in [5.74, 6) is 0.393. The Morgan fingerprint density at radius 3 is 2.74 bits per heavy atom. The third-order valence-corrected chi connectivity index (χ3v) is 5.57. The number of non-ortho nitro benzene ring substituents is 1. The highest BCUT2D eigenvalue weighted by atomic mass is 79.9. The van der Waals surface area contributed by atoms with Crippen LogP contribution in [0, 0.1) is 10.1 Å². The minimum absolute atomic E-state index is 0.0269. The molecule has 0 spiro atoms. The molecule has 1 aromatic carbocycles. The molecule has 1 fully saturated rings. The van der Waals surface area contributed by atoms with Gasteiger partial charge in [0.1, 0.15) is 0 Å². The van der Waals surface area contributed by atoms with Gasteiger partial charge >= 0.3 is 0 Å². The van der Waals surface area contributed by atoms with Crippen molar-refractivity contribution in [3.63, 3.8) is 0 Å². The second-order valence-corrected chi connectivity index (χ2v) is 7.60. The maximum atomic E-state index is 11.3. The van der Waals surface area contributed by atoms with Gasteiger partial charge < -0.3 is 5.32 Å². The van der Waals surface area contributed by atoms with Crippen LogP contribution in [0.4, 0.5) is 5.69 Å². The Morgan fingerprint density at radius 2 is 2.21 bits per heavy atom. The summed E-state index contributed by atoms with van der Waals surface area (Å²) >= 11 is 3.28. The van der Waals surface area contributed by atoms with E-state index >= 15 is 0 Å². The monoisotopic (exact) mass is 348 g/mol. The van der Waals surface area contributed by atoms with Gasteiger partial charge in [0.05, 0.1) is 16.4 Å². The van der Waals surface area contributed by atoms with Crippen LogP contribution in [0.25, 0.3) is 0 Å². The molecule has 1 aromatic rings. The van der Waals surface area contributed by atoms with Crippen molar-refractivity contribution < 1.29 is 13.3 Å². The van der Waals surface area contributed by atoms with Gasteiger partial charge in [-0.3, -0.25) is 10.1 Å². The smallest absolute Gasteiger partial charge is 0.270 e. The van der Waals surface area contributed by atoms with E-state index in [0.29, 0.717) is 17.4 Å². The predicted octanol–water partition coefficient (Wildman–Crippen LogP) is 1.63. The Labute approximate surface area is 119 Å². The molecule has 1 unspecified atom stereocenters. The molecule has 0 saturated carbocycles. The molecule has 0 aromatic heterocycles. The normalized spacial score (nSPS) is 21.4. The summed E-state index contributed by atoms with van der Waals surface area (Å²) in [5, 5.41) is 13.8. The molecule has 1 saturated heterocycles. The topological polar surface area (TPSA) is 89.3 Å². The fraction of sp³-hybridized carbons (Fsp3) is 0.455. The van der Waals surface area contributed by atoms with Gasteiger partial charge in [-0.2, -0.15) is 0 Å². The predicted molar refractivity (Wildman–Crippen MR) is 74.7 cm³/mol. The van der Waals surface area contributed by atoms with Gasteiger partial charge in [-0.05, 0) is 18.1 Å². The molecule has 1 atom stereocenters. The number of nitro groups is 1. The number of nitrogens with zero attached hydrogens (tertiary/aromatic N) is 1. The van der Waals surface area contributed by atoms with Crippen LogP contribution in [0.5, 0.6) is 0 Å². The molecule has 1 heterocycles. The Balaban J connectivity index is 1.99. The third kappa shape index (κ3) is 3.74. The molecule has 1 aliphatic heterocycles. The lowest BCUT2D eigenvalue weighted by molar-refractivity contribution is -0.384. The summed E-state index contributed by atoms with van der Waals surface area (Å²) in [5.41, 5.74) is 0.897. The third-order valence-electron chi connectivity index (χ3n) is 3.06. The lowest BCUT2D eigenvalue weighted by Crippen LogP contribution is -2.29. The molecule has 1 aliphatic rings. The van der Waals surface area contributed by atoms with E-state index in [4.69, 9.17) is 0 Å². The van der Waals surface area contributed by atoms with Crippen LogP contribution in [-0.2, 0) is 16.4 Å². The summed E-state index contributed by atoms with van der Waals surface area (Å²) < 4.78 is 23.3. The maximum absolute atomic E-state index is 11.3. The van der Waals surface area contributed by atoms with Crippen molar-refractivity contribution in [3.05, 3.63) is 38.3 Å². The van der Waals surface area contributed by atoms with Crippen molar-refractivity contribution in [2.75, 3.05) is 11.5 Å². The second-order valence-electron chi connectivity index (χ2n) is 4.51. The van der Waals surface area contributed by atoms with Gasteiger partial charge in [0.15, 0.2) is 9.84 Å². The fourth-order valence-electron chi connectivity index (χ4n) is 2.00. The van der Waals surface area contributed by atoms with Crippen LogP contribution in [0.1, 0.15) is 12.0 Å². The zero-order valence-corrected chi connectivity index (χ0v) is 12.4. The van der Waals surface area contributed by atoms with Crippen molar-refractivity contribution in [1.29, 1.82) is 0 Å². The van der Waals surface area contributed by atoms with E-state index in [9.17, 15) is 18.5 Å². The molecule has 6 nitrogen and oxygen atoms in total. The van der Waals surface area contributed by atoms with Gasteiger partial charge in [0, 0.05) is 29.2 Å². The van der Waals surface area contributed by atoms with Crippen LogP contribution in [0.2, 0.25) is 0 Å². The van der Waals surface area contributed by atoms with Crippen molar-refractivity contribution in [1.82, 2.24) is 5.32 Å². The molecule has 104 valence electrons. The quantitative estimate of drug-likeness (QED) is 0.659. The number of sulfone groups is 1. The van der Waals surface area contributed by atoms with Crippen molar-refractivity contribution in [2.45, 2.75) is 19.0 Å². The number of hydrogen-bond acceptors (Lipinski definition) is 5. The Kier molecular flexibility index (Phi) is 4.22. The molecule has 0 amide bonds. The number of nitrogens with one attached hydrogen (secondary N) is 1. The van der Waals surface area contributed by atoms with Gasteiger partial charge in [-0.15, -0.1) is 0 Å². The standard InChI is InChI=1S/C11H13BrN2O4S/c12-11-5-10(14(15)16)2-1-8(11)6-13-9-3-4-19(17,18)7-9/h1-2,5,9,13H,3-4,6-7H2. The molecular weight excluding hydrogens is 336 g/mol. The van der Waals surface area contributed by atoms with E-state index in [2.05, 4.69) is 21.2 Å². The lowest BCUT2D eigenvalue weighted by atomic mass is 10.2. The zero-order valence-electron chi connectivity index (χ0n) is 10.0. The molecule has 0 bridgehead atoms. The average molecular weight is 349 g/mol. The van der Waals surface area contributed by atoms with Crippen molar-refractivity contribution >= 4 is 31.5 Å². The summed E-state index contributed by atoms with van der Waals surface area (Å²) in [6, 6.07) is 4.51. The Morgan fingerprint density at radius 1 is 1.47 bits per heavy atom. The number of rotatable bonds is 4. The van der Waals surface area contributed by atoms with Crippen molar-refractivity contribution in [2.24, 2.45) is 0 Å². The molecular formula is C11H13BrN2O4S. The van der Waals surface area contributed by atoms with Crippen LogP contribution in [0.3, 0.4) is 0 Å². The highest BCUT2D eigenvalue weighted by molar-refractivity contribution is 9.10. The van der Waals surface area contributed by atoms with Gasteiger partial charge in [-0.1, -0.05) is 15.9 Å². The first-order chi connectivity index (χ1) is 8.87. The van der Waals surface area contributed by atoms with Gasteiger partial charge in [0.25, 0.3) is 5.69 Å². The average Bonchev–Trinajstić information content (AvgIpc) is 2.67. The summed E-state index contributed by atoms with van der Waals surface area (Å²) in [6.07, 6.45) is 0.618. The van der Waals surface area contributed by atoms with E-state index in [0.717, 1.165) is 5.56 Å². The first-order valence-corrected chi connectivity index (χ1v) is 8.35. The molecule has 19 heavy (non-hydrogen) atoms. The van der Waals surface area contributed by atoms with Gasteiger partial charge in [-0.25, -0.2) is 8.42 Å². The molecule has 1 N–H and O–H groups in total. The van der Waals surface area contributed by atoms with Crippen molar-refractivity contribution in [3.8, 4) is 0 Å². The fourth-order valence-corrected chi connectivity index (χ4v) is 4.22. The largest absolute Gasteiger partial charge is 0.309 e. The van der Waals surface area contributed by atoms with Crippen LogP contribution >= 0.6 is 15.9 Å².